The van der Waals surface area contributed by atoms with Crippen LogP contribution < -0.4 is 0 Å². The van der Waals surface area contributed by atoms with Crippen LogP contribution in [-0.2, 0) is 4.74 Å². The van der Waals surface area contributed by atoms with Gasteiger partial charge in [-0.1, -0.05) is 6.92 Å². The van der Waals surface area contributed by atoms with Crippen LogP contribution in [0.15, 0.2) is 18.2 Å². The molecule has 1 aromatic rings. The van der Waals surface area contributed by atoms with Crippen molar-refractivity contribution in [3.8, 4) is 0 Å². The molecular weight excluding hydrogens is 288 g/mol. The van der Waals surface area contributed by atoms with E-state index in [-0.39, 0.29) is 29.0 Å². The number of rotatable bonds is 2. The van der Waals surface area contributed by atoms with Crippen molar-refractivity contribution in [1.29, 1.82) is 0 Å². The number of carbonyl (C=O) groups is 1. The van der Waals surface area contributed by atoms with Crippen LogP contribution in [0.3, 0.4) is 0 Å². The zero-order chi connectivity index (χ0) is 15.9. The van der Waals surface area contributed by atoms with Gasteiger partial charge < -0.3 is 9.64 Å². The Morgan fingerprint density at radius 3 is 2.82 bits per heavy atom. The third kappa shape index (κ3) is 2.51. The van der Waals surface area contributed by atoms with E-state index in [1.807, 2.05) is 0 Å². The summed E-state index contributed by atoms with van der Waals surface area (Å²) in [6.07, 6.45) is 3.82. The number of hydrogen-bond acceptors (Lipinski definition) is 2. The number of ether oxygens (including phenoxy) is 1. The first-order valence-electron chi connectivity index (χ1n) is 7.73. The molecular formula is C17H21F2NO2. The third-order valence-electron chi connectivity index (χ3n) is 5.32. The molecule has 0 radical (unpaired) electrons. The fourth-order valence-corrected chi connectivity index (χ4v) is 4.04. The molecule has 1 amide bonds. The topological polar surface area (TPSA) is 29.5 Å². The SMILES string of the molecule is CO[C@@H]1CC[C@H]2N(C(=O)c3ccc(F)cc3F)CC[C@@]2(C)C1. The highest BCUT2D eigenvalue weighted by Crippen LogP contribution is 2.47. The third-order valence-corrected chi connectivity index (χ3v) is 5.32. The molecule has 0 spiro atoms. The summed E-state index contributed by atoms with van der Waals surface area (Å²) in [5.74, 6) is -1.79. The van der Waals surface area contributed by atoms with E-state index in [1.165, 1.54) is 6.07 Å². The monoisotopic (exact) mass is 309 g/mol. The molecule has 0 bridgehead atoms. The molecule has 3 nitrogen and oxygen atoms in total. The Hall–Kier alpha value is -1.49. The predicted molar refractivity (Wildman–Crippen MR) is 78.6 cm³/mol. The zero-order valence-corrected chi connectivity index (χ0v) is 12.9. The van der Waals surface area contributed by atoms with Crippen molar-refractivity contribution in [1.82, 2.24) is 4.90 Å². The lowest BCUT2D eigenvalue weighted by molar-refractivity contribution is -0.00285. The molecule has 1 aromatic carbocycles. The van der Waals surface area contributed by atoms with Gasteiger partial charge in [-0.15, -0.1) is 0 Å². The number of nitrogens with zero attached hydrogens (tertiary/aromatic N) is 1. The molecule has 1 saturated heterocycles. The van der Waals surface area contributed by atoms with Gasteiger partial charge in [0.15, 0.2) is 0 Å². The maximum Gasteiger partial charge on any atom is 0.257 e. The van der Waals surface area contributed by atoms with Crippen LogP contribution in [0.4, 0.5) is 8.78 Å². The first kappa shape index (κ1) is 15.4. The van der Waals surface area contributed by atoms with Crippen LogP contribution >= 0.6 is 0 Å². The second-order valence-corrected chi connectivity index (χ2v) is 6.68. The lowest BCUT2D eigenvalue weighted by Gasteiger charge is -2.42. The normalized spacial score (nSPS) is 31.2. The van der Waals surface area contributed by atoms with Crippen LogP contribution in [0.25, 0.3) is 0 Å². The number of halogens is 2. The summed E-state index contributed by atoms with van der Waals surface area (Å²) >= 11 is 0. The van der Waals surface area contributed by atoms with Gasteiger partial charge in [0.1, 0.15) is 11.6 Å². The molecule has 1 aliphatic carbocycles. The summed E-state index contributed by atoms with van der Waals surface area (Å²) in [5, 5.41) is 0. The lowest BCUT2D eigenvalue weighted by atomic mass is 9.71. The quantitative estimate of drug-likeness (QED) is 0.838. The van der Waals surface area contributed by atoms with E-state index in [4.69, 9.17) is 4.74 Å². The average Bonchev–Trinajstić information content (AvgIpc) is 2.82. The number of hydrogen-bond donors (Lipinski definition) is 0. The van der Waals surface area contributed by atoms with Crippen LogP contribution in [0.2, 0.25) is 0 Å². The maximum atomic E-state index is 13.9. The molecule has 1 heterocycles. The molecule has 0 N–H and O–H groups in total. The molecule has 3 atom stereocenters. The van der Waals surface area contributed by atoms with E-state index in [9.17, 15) is 13.6 Å². The smallest absolute Gasteiger partial charge is 0.257 e. The van der Waals surface area contributed by atoms with Crippen molar-refractivity contribution in [3.63, 3.8) is 0 Å². The van der Waals surface area contributed by atoms with Gasteiger partial charge in [-0.3, -0.25) is 4.79 Å². The Bertz CT molecular complexity index is 592. The van der Waals surface area contributed by atoms with Crippen molar-refractivity contribution in [2.75, 3.05) is 13.7 Å². The van der Waals surface area contributed by atoms with Gasteiger partial charge in [0, 0.05) is 25.8 Å². The largest absolute Gasteiger partial charge is 0.381 e. The number of methoxy groups -OCH3 is 1. The van der Waals surface area contributed by atoms with Crippen molar-refractivity contribution >= 4 is 5.91 Å². The van der Waals surface area contributed by atoms with Crippen LogP contribution in [0.5, 0.6) is 0 Å². The number of fused-ring (bicyclic) bond motifs is 1. The lowest BCUT2D eigenvalue weighted by Crippen LogP contribution is -2.46. The Labute approximate surface area is 129 Å². The van der Waals surface area contributed by atoms with E-state index in [1.54, 1.807) is 12.0 Å². The van der Waals surface area contributed by atoms with Gasteiger partial charge >= 0.3 is 0 Å². The molecule has 0 aromatic heterocycles. The van der Waals surface area contributed by atoms with Crippen molar-refractivity contribution < 1.29 is 18.3 Å². The molecule has 120 valence electrons. The summed E-state index contributed by atoms with van der Waals surface area (Å²) in [4.78, 5) is 14.4. The second-order valence-electron chi connectivity index (χ2n) is 6.68. The summed E-state index contributed by atoms with van der Waals surface area (Å²) in [7, 11) is 1.72. The van der Waals surface area contributed by atoms with E-state index >= 15 is 0 Å². The van der Waals surface area contributed by atoms with Gasteiger partial charge in [0.2, 0.25) is 0 Å². The molecule has 2 fully saturated rings. The number of benzene rings is 1. The van der Waals surface area contributed by atoms with Gasteiger partial charge in [0.25, 0.3) is 5.91 Å². The van der Waals surface area contributed by atoms with Crippen LogP contribution in [0.1, 0.15) is 43.0 Å². The van der Waals surface area contributed by atoms with Gasteiger partial charge in [-0.05, 0) is 43.2 Å². The van der Waals surface area contributed by atoms with E-state index in [0.717, 1.165) is 37.8 Å². The van der Waals surface area contributed by atoms with Gasteiger partial charge in [0.05, 0.1) is 11.7 Å². The highest BCUT2D eigenvalue weighted by Gasteiger charge is 2.49. The maximum absolute atomic E-state index is 13.9. The van der Waals surface area contributed by atoms with Crippen molar-refractivity contribution in [3.05, 3.63) is 35.4 Å². The molecule has 2 aliphatic rings. The highest BCUT2D eigenvalue weighted by atomic mass is 19.1. The molecule has 1 saturated carbocycles. The Morgan fingerprint density at radius 2 is 2.14 bits per heavy atom. The fourth-order valence-electron chi connectivity index (χ4n) is 4.04. The van der Waals surface area contributed by atoms with Crippen molar-refractivity contribution in [2.45, 2.75) is 44.8 Å². The van der Waals surface area contributed by atoms with Crippen LogP contribution in [0, 0.1) is 17.0 Å². The summed E-state index contributed by atoms with van der Waals surface area (Å²) in [6, 6.07) is 3.25. The van der Waals surface area contributed by atoms with Crippen molar-refractivity contribution in [2.24, 2.45) is 5.41 Å². The van der Waals surface area contributed by atoms with Gasteiger partial charge in [-0.25, -0.2) is 8.78 Å². The molecule has 1 aliphatic heterocycles. The number of likely N-dealkylation sites (tertiary alicyclic amines) is 1. The predicted octanol–water partition coefficient (Wildman–Crippen LogP) is 3.38. The molecule has 22 heavy (non-hydrogen) atoms. The number of carbonyl (C=O) groups excluding carboxylic acids is 1. The Balaban J connectivity index is 1.83. The zero-order valence-electron chi connectivity index (χ0n) is 12.9. The highest BCUT2D eigenvalue weighted by molar-refractivity contribution is 5.95. The average molecular weight is 309 g/mol. The summed E-state index contributed by atoms with van der Waals surface area (Å²) in [5.41, 5.74) is -0.0232. The van der Waals surface area contributed by atoms with E-state index in [0.29, 0.717) is 6.54 Å². The molecule has 0 unspecified atom stereocenters. The molecule has 5 heteroatoms. The fraction of sp³-hybridized carbons (Fsp3) is 0.588. The first-order valence-corrected chi connectivity index (χ1v) is 7.73. The van der Waals surface area contributed by atoms with E-state index < -0.39 is 11.6 Å². The summed E-state index contributed by atoms with van der Waals surface area (Å²) < 4.78 is 32.4. The minimum atomic E-state index is -0.788. The second kappa shape index (κ2) is 5.61. The van der Waals surface area contributed by atoms with Crippen LogP contribution in [-0.4, -0.2) is 36.6 Å². The Kier molecular flexibility index (Phi) is 3.93. The van der Waals surface area contributed by atoms with Gasteiger partial charge in [-0.2, -0.15) is 0 Å². The Morgan fingerprint density at radius 1 is 1.36 bits per heavy atom. The van der Waals surface area contributed by atoms with E-state index in [2.05, 4.69) is 6.92 Å². The minimum absolute atomic E-state index is 0.0189. The minimum Gasteiger partial charge on any atom is -0.381 e. The standard InChI is InChI=1S/C17H21F2NO2/c1-17-7-8-20(15(17)6-4-12(10-17)22-2)16(21)13-5-3-11(18)9-14(13)19/h3,5,9,12,15H,4,6-8,10H2,1-2H3/t12-,15-,17+/m1/s1. The number of amides is 1. The molecule has 3 rings (SSSR count). The summed E-state index contributed by atoms with van der Waals surface area (Å²) in [6.45, 7) is 2.80. The first-order chi connectivity index (χ1) is 10.4.